The number of ether oxygens (including phenoxy) is 1. The Bertz CT molecular complexity index is 577. The van der Waals surface area contributed by atoms with Gasteiger partial charge in [0.2, 0.25) is 11.8 Å². The molecule has 2 fully saturated rings. The minimum atomic E-state index is -0.206. The van der Waals surface area contributed by atoms with E-state index < -0.39 is 0 Å². The van der Waals surface area contributed by atoms with Crippen molar-refractivity contribution in [2.24, 2.45) is 5.92 Å². The summed E-state index contributed by atoms with van der Waals surface area (Å²) in [4.78, 5) is 28.8. The Kier molecular flexibility index (Phi) is 5.38. The van der Waals surface area contributed by atoms with Crippen molar-refractivity contribution in [2.45, 2.75) is 39.0 Å². The highest BCUT2D eigenvalue weighted by molar-refractivity contribution is 6.00. The van der Waals surface area contributed by atoms with E-state index in [-0.39, 0.29) is 17.7 Å². The van der Waals surface area contributed by atoms with Crippen LogP contribution in [0.15, 0.2) is 24.3 Å². The van der Waals surface area contributed by atoms with E-state index in [4.69, 9.17) is 4.74 Å². The van der Waals surface area contributed by atoms with Gasteiger partial charge in [-0.2, -0.15) is 0 Å². The van der Waals surface area contributed by atoms with Crippen molar-refractivity contribution < 1.29 is 14.3 Å². The number of nitrogens with zero attached hydrogens (tertiary/aromatic N) is 2. The predicted octanol–water partition coefficient (Wildman–Crippen LogP) is 2.84. The average molecular weight is 330 g/mol. The first kappa shape index (κ1) is 16.8. The van der Waals surface area contributed by atoms with Crippen LogP contribution in [-0.2, 0) is 9.59 Å². The Morgan fingerprint density at radius 3 is 2.42 bits per heavy atom. The first-order chi connectivity index (χ1) is 11.7. The zero-order chi connectivity index (χ0) is 16.9. The molecule has 5 heteroatoms. The molecule has 0 bridgehead atoms. The molecule has 2 heterocycles. The zero-order valence-corrected chi connectivity index (χ0v) is 14.4. The Labute approximate surface area is 143 Å². The van der Waals surface area contributed by atoms with Crippen LogP contribution < -0.4 is 9.64 Å². The quantitative estimate of drug-likeness (QED) is 0.853. The summed E-state index contributed by atoms with van der Waals surface area (Å²) in [7, 11) is 0. The topological polar surface area (TPSA) is 49.9 Å². The van der Waals surface area contributed by atoms with Gasteiger partial charge in [0.1, 0.15) is 5.75 Å². The number of carbonyl (C=O) groups excluding carboxylic acids is 2. The van der Waals surface area contributed by atoms with Gasteiger partial charge in [0.05, 0.1) is 12.5 Å². The van der Waals surface area contributed by atoms with Crippen molar-refractivity contribution in [3.63, 3.8) is 0 Å². The number of benzene rings is 1. The molecule has 0 radical (unpaired) electrons. The minimum Gasteiger partial charge on any atom is -0.494 e. The number of hydrogen-bond acceptors (Lipinski definition) is 3. The first-order valence-corrected chi connectivity index (χ1v) is 9.01. The van der Waals surface area contributed by atoms with Crippen LogP contribution in [0.2, 0.25) is 0 Å². The van der Waals surface area contributed by atoms with E-state index in [1.54, 1.807) is 4.90 Å². The first-order valence-electron chi connectivity index (χ1n) is 9.01. The van der Waals surface area contributed by atoms with Gasteiger partial charge in [-0.3, -0.25) is 9.59 Å². The van der Waals surface area contributed by atoms with Crippen molar-refractivity contribution in [2.75, 3.05) is 31.1 Å². The van der Waals surface area contributed by atoms with Crippen LogP contribution in [0.5, 0.6) is 5.75 Å². The predicted molar refractivity (Wildman–Crippen MR) is 93.1 cm³/mol. The van der Waals surface area contributed by atoms with Crippen molar-refractivity contribution in [3.8, 4) is 5.75 Å². The van der Waals surface area contributed by atoms with Gasteiger partial charge in [-0.05, 0) is 44.0 Å². The fourth-order valence-corrected chi connectivity index (χ4v) is 3.56. The Morgan fingerprint density at radius 2 is 1.79 bits per heavy atom. The number of rotatable bonds is 4. The standard InChI is InChI=1S/C19H26N2O3/c1-2-24-17-9-7-16(8-10-17)21-14-15(13-18(21)22)19(23)20-11-5-3-4-6-12-20/h7-10,15H,2-6,11-14H2,1H3/t15-/m0/s1. The van der Waals surface area contributed by atoms with Crippen molar-refractivity contribution in [1.82, 2.24) is 4.90 Å². The monoisotopic (exact) mass is 330 g/mol. The van der Waals surface area contributed by atoms with E-state index in [2.05, 4.69) is 0 Å². The molecule has 1 atom stereocenters. The summed E-state index contributed by atoms with van der Waals surface area (Å²) in [5, 5.41) is 0. The summed E-state index contributed by atoms with van der Waals surface area (Å²) in [6.07, 6.45) is 4.88. The molecule has 0 saturated carbocycles. The van der Waals surface area contributed by atoms with E-state index in [1.165, 1.54) is 12.8 Å². The number of amides is 2. The molecule has 3 rings (SSSR count). The molecule has 0 N–H and O–H groups in total. The molecule has 2 aliphatic rings. The van der Waals surface area contributed by atoms with Crippen molar-refractivity contribution >= 4 is 17.5 Å². The van der Waals surface area contributed by atoms with Gasteiger partial charge >= 0.3 is 0 Å². The molecule has 2 amide bonds. The highest BCUT2D eigenvalue weighted by atomic mass is 16.5. The molecular formula is C19H26N2O3. The lowest BCUT2D eigenvalue weighted by atomic mass is 10.1. The third-order valence-corrected chi connectivity index (χ3v) is 4.85. The SMILES string of the molecule is CCOc1ccc(N2C[C@@H](C(=O)N3CCCCCC3)CC2=O)cc1. The van der Waals surface area contributed by atoms with E-state index in [1.807, 2.05) is 36.1 Å². The van der Waals surface area contributed by atoms with Gasteiger partial charge in [-0.15, -0.1) is 0 Å². The van der Waals surface area contributed by atoms with Crippen molar-refractivity contribution in [3.05, 3.63) is 24.3 Å². The summed E-state index contributed by atoms with van der Waals surface area (Å²) >= 11 is 0. The van der Waals surface area contributed by atoms with Gasteiger partial charge < -0.3 is 14.5 Å². The molecular weight excluding hydrogens is 304 g/mol. The molecule has 1 aromatic rings. The third kappa shape index (κ3) is 3.71. The summed E-state index contributed by atoms with van der Waals surface area (Å²) in [6.45, 7) is 4.73. The molecule has 0 aromatic heterocycles. The fraction of sp³-hybridized carbons (Fsp3) is 0.579. The minimum absolute atomic E-state index is 0.0346. The molecule has 0 aliphatic carbocycles. The van der Waals surface area contributed by atoms with Crippen LogP contribution in [-0.4, -0.2) is 43.0 Å². The Hall–Kier alpha value is -2.04. The molecule has 0 spiro atoms. The van der Waals surface area contributed by atoms with E-state index in [0.29, 0.717) is 19.6 Å². The molecule has 130 valence electrons. The summed E-state index contributed by atoms with van der Waals surface area (Å²) < 4.78 is 5.44. The summed E-state index contributed by atoms with van der Waals surface area (Å²) in [6, 6.07) is 7.52. The smallest absolute Gasteiger partial charge is 0.228 e. The van der Waals surface area contributed by atoms with Gasteiger partial charge in [-0.25, -0.2) is 0 Å². The number of hydrogen-bond donors (Lipinski definition) is 0. The number of anilines is 1. The summed E-state index contributed by atoms with van der Waals surface area (Å²) in [5.74, 6) is 0.776. The zero-order valence-electron chi connectivity index (χ0n) is 14.4. The van der Waals surface area contributed by atoms with E-state index in [0.717, 1.165) is 37.4 Å². The average Bonchev–Trinajstić information content (AvgIpc) is 2.81. The molecule has 2 saturated heterocycles. The molecule has 2 aliphatic heterocycles. The van der Waals surface area contributed by atoms with Crippen LogP contribution in [0.4, 0.5) is 5.69 Å². The maximum absolute atomic E-state index is 12.7. The molecule has 0 unspecified atom stereocenters. The molecule has 5 nitrogen and oxygen atoms in total. The highest BCUT2D eigenvalue weighted by Crippen LogP contribution is 2.28. The van der Waals surface area contributed by atoms with Crippen LogP contribution in [0.3, 0.4) is 0 Å². The van der Waals surface area contributed by atoms with Gasteiger partial charge in [0.25, 0.3) is 0 Å². The van der Waals surface area contributed by atoms with Crippen molar-refractivity contribution in [1.29, 1.82) is 0 Å². The Morgan fingerprint density at radius 1 is 1.12 bits per heavy atom. The maximum atomic E-state index is 12.7. The molecule has 1 aromatic carbocycles. The van der Waals surface area contributed by atoms with Gasteiger partial charge in [-0.1, -0.05) is 12.8 Å². The van der Waals surface area contributed by atoms with Crippen LogP contribution in [0.1, 0.15) is 39.0 Å². The van der Waals surface area contributed by atoms with Gasteiger partial charge in [0.15, 0.2) is 0 Å². The van der Waals surface area contributed by atoms with E-state index >= 15 is 0 Å². The second-order valence-electron chi connectivity index (χ2n) is 6.57. The maximum Gasteiger partial charge on any atom is 0.228 e. The fourth-order valence-electron chi connectivity index (χ4n) is 3.56. The lowest BCUT2D eigenvalue weighted by Crippen LogP contribution is -2.38. The van der Waals surface area contributed by atoms with Crippen LogP contribution in [0, 0.1) is 5.92 Å². The second-order valence-corrected chi connectivity index (χ2v) is 6.57. The molecule has 24 heavy (non-hydrogen) atoms. The normalized spacial score (nSPS) is 21.7. The highest BCUT2D eigenvalue weighted by Gasteiger charge is 2.37. The van der Waals surface area contributed by atoms with Gasteiger partial charge in [0, 0.05) is 31.7 Å². The lowest BCUT2D eigenvalue weighted by molar-refractivity contribution is -0.135. The Balaban J connectivity index is 1.65. The number of likely N-dealkylation sites (tertiary alicyclic amines) is 1. The largest absolute Gasteiger partial charge is 0.494 e. The number of carbonyl (C=O) groups is 2. The lowest BCUT2D eigenvalue weighted by Gasteiger charge is -2.24. The third-order valence-electron chi connectivity index (χ3n) is 4.85. The summed E-state index contributed by atoms with van der Waals surface area (Å²) in [5.41, 5.74) is 0.842. The van der Waals surface area contributed by atoms with Crippen LogP contribution >= 0.6 is 0 Å². The second kappa shape index (κ2) is 7.69. The van der Waals surface area contributed by atoms with Crippen LogP contribution in [0.25, 0.3) is 0 Å². The van der Waals surface area contributed by atoms with E-state index in [9.17, 15) is 9.59 Å².